The monoisotopic (exact) mass is 318 g/mol. The molecule has 3 rings (SSSR count). The van der Waals surface area contributed by atoms with Gasteiger partial charge in [-0.1, -0.05) is 6.07 Å². The third-order valence-corrected chi connectivity index (χ3v) is 4.84. The fourth-order valence-corrected chi connectivity index (χ4v) is 3.30. The number of nitrogens with one attached hydrogen (secondary N) is 2. The molecule has 6 heteroatoms. The van der Waals surface area contributed by atoms with Gasteiger partial charge in [0.1, 0.15) is 5.75 Å². The zero-order valence-electron chi connectivity index (χ0n) is 14.0. The number of hydrogen-bond acceptors (Lipinski definition) is 4. The Morgan fingerprint density at radius 3 is 2.74 bits per heavy atom. The summed E-state index contributed by atoms with van der Waals surface area (Å²) in [4.78, 5) is 16.9. The molecule has 6 nitrogen and oxygen atoms in total. The van der Waals surface area contributed by atoms with E-state index < -0.39 is 0 Å². The van der Waals surface area contributed by atoms with Crippen molar-refractivity contribution >= 4 is 11.7 Å². The van der Waals surface area contributed by atoms with Crippen LogP contribution < -0.4 is 15.4 Å². The van der Waals surface area contributed by atoms with E-state index in [1.54, 1.807) is 7.11 Å². The molecule has 1 aromatic rings. The molecule has 2 fully saturated rings. The van der Waals surface area contributed by atoms with Crippen LogP contribution >= 0.6 is 0 Å². The highest BCUT2D eigenvalue weighted by molar-refractivity contribution is 5.90. The summed E-state index contributed by atoms with van der Waals surface area (Å²) in [5.41, 5.74) is 1.85. The molecule has 0 aliphatic carbocycles. The van der Waals surface area contributed by atoms with E-state index in [1.807, 2.05) is 30.0 Å². The molecule has 0 spiro atoms. The van der Waals surface area contributed by atoms with Gasteiger partial charge < -0.3 is 20.3 Å². The first-order valence-corrected chi connectivity index (χ1v) is 8.32. The van der Waals surface area contributed by atoms with Crippen LogP contribution in [-0.4, -0.2) is 68.3 Å². The van der Waals surface area contributed by atoms with Crippen LogP contribution in [0.25, 0.3) is 0 Å². The van der Waals surface area contributed by atoms with Crippen molar-refractivity contribution in [3.63, 3.8) is 0 Å². The van der Waals surface area contributed by atoms with Crippen molar-refractivity contribution < 1.29 is 9.53 Å². The number of ether oxygens (including phenoxy) is 1. The first kappa shape index (κ1) is 16.1. The normalized spacial score (nSPS) is 22.2. The minimum Gasteiger partial charge on any atom is -0.497 e. The third kappa shape index (κ3) is 3.76. The molecule has 0 bridgehead atoms. The van der Waals surface area contributed by atoms with Crippen molar-refractivity contribution in [3.8, 4) is 5.75 Å². The van der Waals surface area contributed by atoms with E-state index in [1.165, 1.54) is 6.42 Å². The molecule has 126 valence electrons. The number of hydrogen-bond donors (Lipinski definition) is 2. The number of aryl methyl sites for hydroxylation is 1. The van der Waals surface area contributed by atoms with E-state index in [9.17, 15) is 4.79 Å². The summed E-state index contributed by atoms with van der Waals surface area (Å²) in [6, 6.07) is 6.35. The Bertz CT molecular complexity index is 550. The molecule has 2 aliphatic heterocycles. The molecule has 2 heterocycles. The number of piperazine rings is 1. The fraction of sp³-hybridized carbons (Fsp3) is 0.588. The Morgan fingerprint density at radius 1 is 1.30 bits per heavy atom. The summed E-state index contributed by atoms with van der Waals surface area (Å²) in [7, 11) is 1.63. The lowest BCUT2D eigenvalue weighted by molar-refractivity contribution is 0.119. The van der Waals surface area contributed by atoms with Gasteiger partial charge in [0.15, 0.2) is 0 Å². The number of methoxy groups -OCH3 is 1. The van der Waals surface area contributed by atoms with Gasteiger partial charge in [0.05, 0.1) is 7.11 Å². The lowest BCUT2D eigenvalue weighted by atomic mass is 10.2. The molecule has 0 radical (unpaired) electrons. The Hall–Kier alpha value is -1.79. The molecule has 0 aromatic heterocycles. The minimum absolute atomic E-state index is 0.0226. The number of anilines is 1. The summed E-state index contributed by atoms with van der Waals surface area (Å²) in [5.74, 6) is 0.754. The molecule has 0 saturated carbocycles. The van der Waals surface area contributed by atoms with E-state index in [2.05, 4.69) is 15.5 Å². The van der Waals surface area contributed by atoms with Gasteiger partial charge in [-0.05, 0) is 31.5 Å². The zero-order valence-corrected chi connectivity index (χ0v) is 14.0. The topological polar surface area (TPSA) is 56.8 Å². The maximum atomic E-state index is 12.5. The maximum Gasteiger partial charge on any atom is 0.321 e. The summed E-state index contributed by atoms with van der Waals surface area (Å²) >= 11 is 0. The fourth-order valence-electron chi connectivity index (χ4n) is 3.30. The van der Waals surface area contributed by atoms with Crippen molar-refractivity contribution in [2.75, 3.05) is 51.7 Å². The molecule has 2 aliphatic rings. The van der Waals surface area contributed by atoms with Crippen molar-refractivity contribution in [1.82, 2.24) is 15.1 Å². The molecular formula is C17H26N4O2. The summed E-state index contributed by atoms with van der Waals surface area (Å²) in [5, 5.41) is 6.42. The van der Waals surface area contributed by atoms with Gasteiger partial charge in [0.25, 0.3) is 0 Å². The SMILES string of the molecule is COc1ccc(C)c(NC(=O)N2CCN([C@@H]3CCNC3)CC2)c1. The quantitative estimate of drug-likeness (QED) is 0.887. The lowest BCUT2D eigenvalue weighted by Gasteiger charge is -2.37. The minimum atomic E-state index is -0.0226. The van der Waals surface area contributed by atoms with Crippen LogP contribution in [0.4, 0.5) is 10.5 Å². The average Bonchev–Trinajstić information content (AvgIpc) is 3.11. The number of nitrogens with zero attached hydrogens (tertiary/aromatic N) is 2. The molecule has 2 N–H and O–H groups in total. The average molecular weight is 318 g/mol. The zero-order chi connectivity index (χ0) is 16.2. The molecule has 2 saturated heterocycles. The molecule has 23 heavy (non-hydrogen) atoms. The first-order valence-electron chi connectivity index (χ1n) is 8.32. The summed E-state index contributed by atoms with van der Waals surface area (Å²) in [6.45, 7) is 7.65. The van der Waals surface area contributed by atoms with Gasteiger partial charge in [0.2, 0.25) is 0 Å². The predicted molar refractivity (Wildman–Crippen MR) is 91.2 cm³/mol. The second-order valence-electron chi connectivity index (χ2n) is 6.28. The predicted octanol–water partition coefficient (Wildman–Crippen LogP) is 1.52. The molecule has 1 aromatic carbocycles. The van der Waals surface area contributed by atoms with E-state index in [-0.39, 0.29) is 6.03 Å². The number of carbonyl (C=O) groups excluding carboxylic acids is 1. The third-order valence-electron chi connectivity index (χ3n) is 4.84. The van der Waals surface area contributed by atoms with Crippen molar-refractivity contribution in [1.29, 1.82) is 0 Å². The number of amides is 2. The van der Waals surface area contributed by atoms with Crippen LogP contribution in [0.5, 0.6) is 5.75 Å². The Labute approximate surface area is 137 Å². The van der Waals surface area contributed by atoms with Crippen molar-refractivity contribution in [2.24, 2.45) is 0 Å². The second kappa shape index (κ2) is 7.19. The van der Waals surface area contributed by atoms with Gasteiger partial charge >= 0.3 is 6.03 Å². The number of benzene rings is 1. The maximum absolute atomic E-state index is 12.5. The Morgan fingerprint density at radius 2 is 2.09 bits per heavy atom. The summed E-state index contributed by atoms with van der Waals surface area (Å²) in [6.07, 6.45) is 1.22. The standard InChI is InChI=1S/C17H26N4O2/c1-13-3-4-15(23-2)11-16(13)19-17(22)21-9-7-20(8-10-21)14-5-6-18-12-14/h3-4,11,14,18H,5-10,12H2,1-2H3,(H,19,22)/t14-/m1/s1. The van der Waals surface area contributed by atoms with Gasteiger partial charge in [-0.15, -0.1) is 0 Å². The Kier molecular flexibility index (Phi) is 5.03. The van der Waals surface area contributed by atoms with Crippen LogP contribution in [0, 0.1) is 6.92 Å². The van der Waals surface area contributed by atoms with Gasteiger partial charge in [-0.3, -0.25) is 4.90 Å². The number of urea groups is 1. The molecule has 1 atom stereocenters. The van der Waals surface area contributed by atoms with E-state index in [4.69, 9.17) is 4.74 Å². The van der Waals surface area contributed by atoms with Crippen molar-refractivity contribution in [3.05, 3.63) is 23.8 Å². The number of carbonyl (C=O) groups is 1. The van der Waals surface area contributed by atoms with Crippen LogP contribution in [-0.2, 0) is 0 Å². The van der Waals surface area contributed by atoms with Gasteiger partial charge in [-0.2, -0.15) is 0 Å². The molecule has 0 unspecified atom stereocenters. The van der Waals surface area contributed by atoms with Crippen molar-refractivity contribution in [2.45, 2.75) is 19.4 Å². The smallest absolute Gasteiger partial charge is 0.321 e. The van der Waals surface area contributed by atoms with Crippen LogP contribution in [0.1, 0.15) is 12.0 Å². The van der Waals surface area contributed by atoms with Crippen LogP contribution in [0.15, 0.2) is 18.2 Å². The highest BCUT2D eigenvalue weighted by Gasteiger charge is 2.27. The summed E-state index contributed by atoms with van der Waals surface area (Å²) < 4.78 is 5.23. The largest absolute Gasteiger partial charge is 0.497 e. The molecule has 2 amide bonds. The van der Waals surface area contributed by atoms with Gasteiger partial charge in [-0.25, -0.2) is 4.79 Å². The number of rotatable bonds is 3. The first-order chi connectivity index (χ1) is 11.2. The van der Waals surface area contributed by atoms with E-state index in [0.717, 1.165) is 56.3 Å². The van der Waals surface area contributed by atoms with E-state index in [0.29, 0.717) is 6.04 Å². The lowest BCUT2D eigenvalue weighted by Crippen LogP contribution is -2.53. The van der Waals surface area contributed by atoms with Crippen LogP contribution in [0.2, 0.25) is 0 Å². The highest BCUT2D eigenvalue weighted by Crippen LogP contribution is 2.22. The Balaban J connectivity index is 1.55. The van der Waals surface area contributed by atoms with E-state index >= 15 is 0 Å². The highest BCUT2D eigenvalue weighted by atomic mass is 16.5. The van der Waals surface area contributed by atoms with Gasteiger partial charge in [0, 0.05) is 50.5 Å². The molecular weight excluding hydrogens is 292 g/mol. The van der Waals surface area contributed by atoms with Crippen LogP contribution in [0.3, 0.4) is 0 Å². The second-order valence-corrected chi connectivity index (χ2v) is 6.28.